The van der Waals surface area contributed by atoms with Crippen molar-refractivity contribution in [3.8, 4) is 0 Å². The van der Waals surface area contributed by atoms with Crippen LogP contribution in [0.2, 0.25) is 0 Å². The Morgan fingerprint density at radius 3 is 2.43 bits per heavy atom. The fraction of sp³-hybridized carbons (Fsp3) is 0.417. The standard InChI is InChI=1S/C12H15NO6S2/c14-20(15,16)6-2-1-3-10-7-9-8-11(21(17,18)19)4-5-12(9)13-10/h4-5,8H,1-3,6-7H2,(H,14,15,16)(H,17,18,19). The summed E-state index contributed by atoms with van der Waals surface area (Å²) in [6, 6.07) is 4.21. The Morgan fingerprint density at radius 1 is 1.10 bits per heavy atom. The summed E-state index contributed by atoms with van der Waals surface area (Å²) in [4.78, 5) is 4.17. The fourth-order valence-corrected chi connectivity index (χ4v) is 3.26. The van der Waals surface area contributed by atoms with Crippen LogP contribution in [-0.4, -0.2) is 37.4 Å². The van der Waals surface area contributed by atoms with E-state index < -0.39 is 20.2 Å². The molecule has 2 rings (SSSR count). The highest BCUT2D eigenvalue weighted by Gasteiger charge is 2.18. The van der Waals surface area contributed by atoms with Crippen molar-refractivity contribution in [2.75, 3.05) is 5.75 Å². The number of benzene rings is 1. The average molecular weight is 333 g/mol. The van der Waals surface area contributed by atoms with Gasteiger partial charge in [0.1, 0.15) is 0 Å². The van der Waals surface area contributed by atoms with Crippen LogP contribution in [0, 0.1) is 0 Å². The van der Waals surface area contributed by atoms with E-state index in [9.17, 15) is 16.8 Å². The lowest BCUT2D eigenvalue weighted by Crippen LogP contribution is -2.05. The molecule has 0 saturated carbocycles. The van der Waals surface area contributed by atoms with Crippen molar-refractivity contribution in [3.05, 3.63) is 23.8 Å². The number of fused-ring (bicyclic) bond motifs is 1. The Labute approximate surface area is 123 Å². The van der Waals surface area contributed by atoms with Gasteiger partial charge < -0.3 is 0 Å². The Hall–Kier alpha value is -1.29. The number of aliphatic imine (C=N–C) groups is 1. The molecule has 0 amide bonds. The van der Waals surface area contributed by atoms with Gasteiger partial charge in [0.15, 0.2) is 0 Å². The molecule has 0 aliphatic carbocycles. The molecule has 0 bridgehead atoms. The van der Waals surface area contributed by atoms with Crippen LogP contribution in [-0.2, 0) is 26.7 Å². The highest BCUT2D eigenvalue weighted by Crippen LogP contribution is 2.30. The van der Waals surface area contributed by atoms with E-state index in [2.05, 4.69) is 4.99 Å². The first-order valence-corrected chi connectivity index (χ1v) is 9.32. The van der Waals surface area contributed by atoms with Gasteiger partial charge in [0.25, 0.3) is 20.2 Å². The van der Waals surface area contributed by atoms with Gasteiger partial charge >= 0.3 is 0 Å². The maximum atomic E-state index is 11.1. The van der Waals surface area contributed by atoms with E-state index in [1.807, 2.05) is 0 Å². The molecule has 1 heterocycles. The molecule has 1 aliphatic rings. The third-order valence-electron chi connectivity index (χ3n) is 3.14. The minimum Gasteiger partial charge on any atom is -0.286 e. The molecule has 0 atom stereocenters. The first kappa shape index (κ1) is 16.1. The van der Waals surface area contributed by atoms with Crippen molar-refractivity contribution in [2.45, 2.75) is 30.6 Å². The summed E-state index contributed by atoms with van der Waals surface area (Å²) in [5.41, 5.74) is 2.20. The van der Waals surface area contributed by atoms with Gasteiger partial charge in [0.2, 0.25) is 0 Å². The molecule has 0 spiro atoms. The Balaban J connectivity index is 1.96. The normalized spacial score (nSPS) is 14.9. The number of hydrogen-bond acceptors (Lipinski definition) is 5. The minimum atomic E-state index is -4.22. The van der Waals surface area contributed by atoms with E-state index in [1.165, 1.54) is 18.2 Å². The van der Waals surface area contributed by atoms with Crippen molar-refractivity contribution in [3.63, 3.8) is 0 Å². The fourth-order valence-electron chi connectivity index (χ4n) is 2.16. The zero-order valence-electron chi connectivity index (χ0n) is 11.1. The third kappa shape index (κ3) is 4.60. The minimum absolute atomic E-state index is 0.163. The van der Waals surface area contributed by atoms with Crippen LogP contribution in [0.1, 0.15) is 24.8 Å². The second-order valence-electron chi connectivity index (χ2n) is 4.86. The van der Waals surface area contributed by atoms with Crippen LogP contribution in [0.5, 0.6) is 0 Å². The molecule has 7 nitrogen and oxygen atoms in total. The molecule has 2 N–H and O–H groups in total. The lowest BCUT2D eigenvalue weighted by molar-refractivity contribution is 0.479. The van der Waals surface area contributed by atoms with Crippen molar-refractivity contribution < 1.29 is 25.9 Å². The lowest BCUT2D eigenvalue weighted by atomic mass is 10.1. The summed E-state index contributed by atoms with van der Waals surface area (Å²) in [6.07, 6.45) is 1.96. The quantitative estimate of drug-likeness (QED) is 0.602. The second kappa shape index (κ2) is 5.84. The summed E-state index contributed by atoms with van der Waals surface area (Å²) in [6.45, 7) is 0. The summed E-state index contributed by atoms with van der Waals surface area (Å²) in [5.74, 6) is -0.278. The summed E-state index contributed by atoms with van der Waals surface area (Å²) < 4.78 is 60.9. The summed E-state index contributed by atoms with van der Waals surface area (Å²) >= 11 is 0. The topological polar surface area (TPSA) is 121 Å². The van der Waals surface area contributed by atoms with Crippen LogP contribution < -0.4 is 0 Å². The highest BCUT2D eigenvalue weighted by molar-refractivity contribution is 7.86. The number of unbranched alkanes of at least 4 members (excludes halogenated alkanes) is 1. The molecule has 0 saturated heterocycles. The molecular formula is C12H15NO6S2. The van der Waals surface area contributed by atoms with E-state index >= 15 is 0 Å². The average Bonchev–Trinajstić information content (AvgIpc) is 2.74. The molecule has 1 aromatic carbocycles. The second-order valence-corrected chi connectivity index (χ2v) is 7.86. The van der Waals surface area contributed by atoms with Gasteiger partial charge in [0, 0.05) is 12.1 Å². The van der Waals surface area contributed by atoms with Crippen LogP contribution >= 0.6 is 0 Å². The largest absolute Gasteiger partial charge is 0.294 e. The predicted molar refractivity (Wildman–Crippen MR) is 77.3 cm³/mol. The van der Waals surface area contributed by atoms with Gasteiger partial charge in [-0.3, -0.25) is 14.1 Å². The van der Waals surface area contributed by atoms with Gasteiger partial charge in [-0.15, -0.1) is 0 Å². The highest BCUT2D eigenvalue weighted by atomic mass is 32.2. The monoisotopic (exact) mass is 333 g/mol. The van der Waals surface area contributed by atoms with Crippen LogP contribution in [0.3, 0.4) is 0 Å². The maximum Gasteiger partial charge on any atom is 0.294 e. The SMILES string of the molecule is O=S(=O)(O)CCCCC1=Nc2ccc(S(=O)(=O)O)cc2C1. The first-order valence-electron chi connectivity index (χ1n) is 6.27. The molecule has 0 aromatic heterocycles. The van der Waals surface area contributed by atoms with Gasteiger partial charge in [0.05, 0.1) is 16.3 Å². The molecule has 9 heteroatoms. The molecule has 116 valence electrons. The van der Waals surface area contributed by atoms with Crippen molar-refractivity contribution in [1.82, 2.24) is 0 Å². The molecule has 0 fully saturated rings. The van der Waals surface area contributed by atoms with Crippen LogP contribution in [0.25, 0.3) is 0 Å². The lowest BCUT2D eigenvalue weighted by Gasteiger charge is -2.01. The third-order valence-corrected chi connectivity index (χ3v) is 4.79. The number of hydrogen-bond donors (Lipinski definition) is 2. The molecular weight excluding hydrogens is 318 g/mol. The van der Waals surface area contributed by atoms with Gasteiger partial charge in [-0.1, -0.05) is 0 Å². The molecule has 21 heavy (non-hydrogen) atoms. The van der Waals surface area contributed by atoms with Crippen molar-refractivity contribution >= 4 is 31.6 Å². The Kier molecular flexibility index (Phi) is 4.47. The maximum absolute atomic E-state index is 11.1. The first-order chi connectivity index (χ1) is 9.65. The predicted octanol–water partition coefficient (Wildman–Crippen LogP) is 1.62. The van der Waals surface area contributed by atoms with E-state index in [-0.39, 0.29) is 10.6 Å². The van der Waals surface area contributed by atoms with Gasteiger partial charge in [-0.05, 0) is 43.0 Å². The summed E-state index contributed by atoms with van der Waals surface area (Å²) in [7, 11) is -8.15. The van der Waals surface area contributed by atoms with E-state index in [4.69, 9.17) is 9.11 Å². The zero-order chi connectivity index (χ0) is 15.7. The van der Waals surface area contributed by atoms with E-state index in [0.29, 0.717) is 31.4 Å². The molecule has 1 aromatic rings. The van der Waals surface area contributed by atoms with Crippen LogP contribution in [0.4, 0.5) is 5.69 Å². The molecule has 0 radical (unpaired) electrons. The molecule has 0 unspecified atom stereocenters. The Morgan fingerprint density at radius 2 is 1.81 bits per heavy atom. The van der Waals surface area contributed by atoms with Crippen molar-refractivity contribution in [2.24, 2.45) is 4.99 Å². The zero-order valence-corrected chi connectivity index (χ0v) is 12.7. The van der Waals surface area contributed by atoms with Crippen molar-refractivity contribution in [1.29, 1.82) is 0 Å². The van der Waals surface area contributed by atoms with E-state index in [1.54, 1.807) is 0 Å². The molecule has 1 aliphatic heterocycles. The summed E-state index contributed by atoms with van der Waals surface area (Å²) in [5, 5.41) is 0. The van der Waals surface area contributed by atoms with Gasteiger partial charge in [-0.2, -0.15) is 16.8 Å². The smallest absolute Gasteiger partial charge is 0.286 e. The van der Waals surface area contributed by atoms with Gasteiger partial charge in [-0.25, -0.2) is 0 Å². The number of rotatable bonds is 6. The van der Waals surface area contributed by atoms with Crippen LogP contribution in [0.15, 0.2) is 28.1 Å². The van der Waals surface area contributed by atoms with E-state index in [0.717, 1.165) is 11.3 Å². The Bertz CT molecular complexity index is 780. The number of nitrogens with zero attached hydrogens (tertiary/aromatic N) is 1.